The van der Waals surface area contributed by atoms with Gasteiger partial charge in [-0.3, -0.25) is 9.10 Å². The van der Waals surface area contributed by atoms with Crippen molar-refractivity contribution in [1.29, 1.82) is 0 Å². The number of hydrogen-bond donors (Lipinski definition) is 1. The van der Waals surface area contributed by atoms with Crippen LogP contribution in [0.3, 0.4) is 0 Å². The summed E-state index contributed by atoms with van der Waals surface area (Å²) in [4.78, 5) is 12.3. The molecule has 0 fully saturated rings. The maximum Gasteiger partial charge on any atom is 0.264 e. The number of hydrogen-bond acceptors (Lipinski definition) is 6. The summed E-state index contributed by atoms with van der Waals surface area (Å²) in [6.45, 7) is 4.90. The summed E-state index contributed by atoms with van der Waals surface area (Å²) in [5.74, 6) is 1.63. The molecular weight excluding hydrogens is 468 g/mol. The van der Waals surface area contributed by atoms with Crippen LogP contribution in [0.1, 0.15) is 12.5 Å². The lowest BCUT2D eigenvalue weighted by Gasteiger charge is -2.20. The van der Waals surface area contributed by atoms with Gasteiger partial charge in [-0.25, -0.2) is 8.42 Å². The highest BCUT2D eigenvalue weighted by Crippen LogP contribution is 2.24. The van der Waals surface area contributed by atoms with Crippen LogP contribution in [0.5, 0.6) is 17.2 Å². The SMILES string of the molecule is CCOc1ccc(OCCNC(=O)COc2ccc(N(C)S(=O)(=O)c3ccc(C)cc3)cc2)cc1. The summed E-state index contributed by atoms with van der Waals surface area (Å²) in [7, 11) is -2.18. The van der Waals surface area contributed by atoms with Crippen molar-refractivity contribution in [1.82, 2.24) is 5.32 Å². The van der Waals surface area contributed by atoms with Crippen LogP contribution in [0.15, 0.2) is 77.7 Å². The van der Waals surface area contributed by atoms with Crippen molar-refractivity contribution in [3.8, 4) is 17.2 Å². The van der Waals surface area contributed by atoms with Crippen molar-refractivity contribution in [2.45, 2.75) is 18.7 Å². The molecule has 0 atom stereocenters. The molecule has 0 aromatic heterocycles. The predicted octanol–water partition coefficient (Wildman–Crippen LogP) is 3.79. The van der Waals surface area contributed by atoms with Gasteiger partial charge in [0.05, 0.1) is 23.7 Å². The van der Waals surface area contributed by atoms with Crippen LogP contribution in [0.2, 0.25) is 0 Å². The molecule has 9 heteroatoms. The number of carbonyl (C=O) groups excluding carboxylic acids is 1. The van der Waals surface area contributed by atoms with Crippen molar-refractivity contribution in [2.75, 3.05) is 37.7 Å². The number of anilines is 1. The highest BCUT2D eigenvalue weighted by molar-refractivity contribution is 7.92. The lowest BCUT2D eigenvalue weighted by molar-refractivity contribution is -0.123. The molecule has 0 saturated heterocycles. The summed E-state index contributed by atoms with van der Waals surface area (Å²) in [6, 6.07) is 20.5. The molecule has 1 N–H and O–H groups in total. The highest BCUT2D eigenvalue weighted by atomic mass is 32.2. The lowest BCUT2D eigenvalue weighted by Crippen LogP contribution is -2.32. The van der Waals surface area contributed by atoms with Crippen LogP contribution in [-0.4, -0.2) is 47.7 Å². The van der Waals surface area contributed by atoms with Crippen LogP contribution in [0, 0.1) is 6.92 Å². The Morgan fingerprint density at radius 1 is 0.829 bits per heavy atom. The molecule has 35 heavy (non-hydrogen) atoms. The van der Waals surface area contributed by atoms with E-state index >= 15 is 0 Å². The standard InChI is InChI=1S/C26H30N2O6S/c1-4-32-22-11-13-23(14-12-22)33-18-17-27-26(29)19-34-24-9-7-21(8-10-24)28(3)35(30,31)25-15-5-20(2)6-16-25/h5-16H,4,17-19H2,1-3H3,(H,27,29). The summed E-state index contributed by atoms with van der Waals surface area (Å²) >= 11 is 0. The van der Waals surface area contributed by atoms with Gasteiger partial charge in [0.2, 0.25) is 0 Å². The number of nitrogens with zero attached hydrogens (tertiary/aromatic N) is 1. The van der Waals surface area contributed by atoms with Crippen molar-refractivity contribution < 1.29 is 27.4 Å². The molecule has 0 saturated carbocycles. The van der Waals surface area contributed by atoms with Crippen molar-refractivity contribution in [2.24, 2.45) is 0 Å². The highest BCUT2D eigenvalue weighted by Gasteiger charge is 2.21. The van der Waals surface area contributed by atoms with Crippen LogP contribution in [0.4, 0.5) is 5.69 Å². The fourth-order valence-corrected chi connectivity index (χ4v) is 4.31. The zero-order chi connectivity index (χ0) is 25.3. The number of benzene rings is 3. The maximum absolute atomic E-state index is 12.8. The molecule has 0 aliphatic heterocycles. The number of amides is 1. The number of rotatable bonds is 12. The Labute approximate surface area is 206 Å². The van der Waals surface area contributed by atoms with E-state index in [1.165, 1.54) is 11.4 Å². The van der Waals surface area contributed by atoms with E-state index in [1.54, 1.807) is 48.5 Å². The molecule has 3 aromatic carbocycles. The van der Waals surface area contributed by atoms with Crippen LogP contribution in [-0.2, 0) is 14.8 Å². The first kappa shape index (κ1) is 25.9. The number of nitrogens with one attached hydrogen (secondary N) is 1. The van der Waals surface area contributed by atoms with Crippen LogP contribution in [0.25, 0.3) is 0 Å². The average molecular weight is 499 g/mol. The Kier molecular flexibility index (Phi) is 8.97. The van der Waals surface area contributed by atoms with E-state index in [9.17, 15) is 13.2 Å². The number of ether oxygens (including phenoxy) is 3. The second-order valence-electron chi connectivity index (χ2n) is 7.67. The van der Waals surface area contributed by atoms with Crippen LogP contribution < -0.4 is 23.8 Å². The van der Waals surface area contributed by atoms with Gasteiger partial charge in [0.15, 0.2) is 6.61 Å². The summed E-state index contributed by atoms with van der Waals surface area (Å²) in [5.41, 5.74) is 1.46. The zero-order valence-corrected chi connectivity index (χ0v) is 20.9. The third-order valence-electron chi connectivity index (χ3n) is 5.08. The Bertz CT molecular complexity index is 1190. The Balaban J connectivity index is 1.42. The van der Waals surface area contributed by atoms with E-state index in [4.69, 9.17) is 14.2 Å². The molecule has 0 heterocycles. The quantitative estimate of drug-likeness (QED) is 0.382. The number of carbonyl (C=O) groups is 1. The van der Waals surface area contributed by atoms with Crippen molar-refractivity contribution in [3.05, 3.63) is 78.4 Å². The van der Waals surface area contributed by atoms with Crippen molar-refractivity contribution in [3.63, 3.8) is 0 Å². The first-order valence-electron chi connectivity index (χ1n) is 11.2. The Morgan fingerprint density at radius 3 is 1.97 bits per heavy atom. The molecule has 0 spiro atoms. The second-order valence-corrected chi connectivity index (χ2v) is 9.64. The van der Waals surface area contributed by atoms with E-state index in [0.29, 0.717) is 36.9 Å². The van der Waals surface area contributed by atoms with Gasteiger partial charge in [0, 0.05) is 7.05 Å². The topological polar surface area (TPSA) is 94.2 Å². The molecule has 186 valence electrons. The number of sulfonamides is 1. The molecule has 8 nitrogen and oxygen atoms in total. The van der Waals surface area contributed by atoms with E-state index in [-0.39, 0.29) is 17.4 Å². The maximum atomic E-state index is 12.8. The van der Waals surface area contributed by atoms with Crippen LogP contribution >= 0.6 is 0 Å². The van der Waals surface area contributed by atoms with E-state index < -0.39 is 10.0 Å². The molecule has 0 aliphatic rings. The lowest BCUT2D eigenvalue weighted by atomic mass is 10.2. The largest absolute Gasteiger partial charge is 0.494 e. The Morgan fingerprint density at radius 2 is 1.37 bits per heavy atom. The zero-order valence-electron chi connectivity index (χ0n) is 20.1. The molecule has 0 aliphatic carbocycles. The van der Waals surface area contributed by atoms with Gasteiger partial charge < -0.3 is 19.5 Å². The smallest absolute Gasteiger partial charge is 0.264 e. The average Bonchev–Trinajstić information content (AvgIpc) is 2.86. The van der Waals surface area contributed by atoms with Gasteiger partial charge in [0.25, 0.3) is 15.9 Å². The Hall–Kier alpha value is -3.72. The normalized spacial score (nSPS) is 10.9. The van der Waals surface area contributed by atoms with Gasteiger partial charge >= 0.3 is 0 Å². The summed E-state index contributed by atoms with van der Waals surface area (Å²) in [6.07, 6.45) is 0. The van der Waals surface area contributed by atoms with Gasteiger partial charge in [-0.1, -0.05) is 17.7 Å². The van der Waals surface area contributed by atoms with Gasteiger partial charge in [-0.05, 0) is 74.5 Å². The fraction of sp³-hybridized carbons (Fsp3) is 0.269. The minimum absolute atomic E-state index is 0.167. The predicted molar refractivity (Wildman–Crippen MR) is 135 cm³/mol. The minimum Gasteiger partial charge on any atom is -0.494 e. The first-order valence-corrected chi connectivity index (χ1v) is 12.6. The third kappa shape index (κ3) is 7.38. The molecular formula is C26H30N2O6S. The number of aryl methyl sites for hydroxylation is 1. The fourth-order valence-electron chi connectivity index (χ4n) is 3.12. The van der Waals surface area contributed by atoms with E-state index in [0.717, 1.165) is 11.3 Å². The molecule has 1 amide bonds. The van der Waals surface area contributed by atoms with E-state index in [1.807, 2.05) is 38.1 Å². The summed E-state index contributed by atoms with van der Waals surface area (Å²) < 4.78 is 43.3. The van der Waals surface area contributed by atoms with Gasteiger partial charge in [-0.15, -0.1) is 0 Å². The first-order chi connectivity index (χ1) is 16.8. The molecule has 3 rings (SSSR count). The van der Waals surface area contributed by atoms with Crippen molar-refractivity contribution >= 4 is 21.6 Å². The molecule has 0 bridgehead atoms. The third-order valence-corrected chi connectivity index (χ3v) is 6.88. The van der Waals surface area contributed by atoms with Gasteiger partial charge in [-0.2, -0.15) is 0 Å². The second kappa shape index (κ2) is 12.1. The van der Waals surface area contributed by atoms with Gasteiger partial charge in [0.1, 0.15) is 23.9 Å². The monoisotopic (exact) mass is 498 g/mol. The molecule has 0 radical (unpaired) electrons. The van der Waals surface area contributed by atoms with E-state index in [2.05, 4.69) is 5.32 Å². The molecule has 0 unspecified atom stereocenters. The summed E-state index contributed by atoms with van der Waals surface area (Å²) in [5, 5.41) is 2.73. The molecule has 3 aromatic rings. The minimum atomic E-state index is -3.67.